The highest BCUT2D eigenvalue weighted by atomic mass is 32.2. The Bertz CT molecular complexity index is 1090. The van der Waals surface area contributed by atoms with Gasteiger partial charge in [-0.1, -0.05) is 92.3 Å². The minimum Gasteiger partial charge on any atom is -0.497 e. The molecule has 2 aliphatic rings. The predicted octanol–water partition coefficient (Wildman–Crippen LogP) is 7.57. The highest BCUT2D eigenvalue weighted by Gasteiger charge is 2.42. The van der Waals surface area contributed by atoms with Crippen LogP contribution in [-0.4, -0.2) is 64.9 Å². The average molecular weight is 639 g/mol. The molecule has 9 heteroatoms. The summed E-state index contributed by atoms with van der Waals surface area (Å²) in [5.41, 5.74) is 1.32. The largest absolute Gasteiger partial charge is 0.497 e. The predicted molar refractivity (Wildman–Crippen MR) is 183 cm³/mol. The lowest BCUT2D eigenvalue weighted by molar-refractivity contribution is -0.122. The van der Waals surface area contributed by atoms with Crippen molar-refractivity contribution in [2.75, 3.05) is 40.0 Å². The first-order valence-corrected chi connectivity index (χ1v) is 16.8. The minimum atomic E-state index is -3.62. The number of sulfonamides is 1. The van der Waals surface area contributed by atoms with Gasteiger partial charge in [-0.05, 0) is 55.9 Å². The molecule has 0 spiro atoms. The van der Waals surface area contributed by atoms with Crippen molar-refractivity contribution in [1.29, 1.82) is 0 Å². The van der Waals surface area contributed by atoms with Gasteiger partial charge in [0.1, 0.15) is 5.75 Å². The Labute approximate surface area is 269 Å². The van der Waals surface area contributed by atoms with Gasteiger partial charge < -0.3 is 19.5 Å². The molecule has 3 atom stereocenters. The average Bonchev–Trinajstić information content (AvgIpc) is 3.62. The Morgan fingerprint density at radius 2 is 1.61 bits per heavy atom. The van der Waals surface area contributed by atoms with E-state index in [0.29, 0.717) is 57.4 Å². The van der Waals surface area contributed by atoms with E-state index >= 15 is 0 Å². The molecule has 8 nitrogen and oxygen atoms in total. The number of methoxy groups -OCH3 is 1. The molecule has 1 amide bonds. The number of hydrogen-bond donors (Lipinski definition) is 1. The Hall–Kier alpha value is -2.46. The number of nitrogens with one attached hydrogen (secondary N) is 1. The Kier molecular flexibility index (Phi) is 23.7. The molecule has 1 N–H and O–H groups in total. The Morgan fingerprint density at radius 3 is 2.14 bits per heavy atom. The minimum absolute atomic E-state index is 0. The summed E-state index contributed by atoms with van der Waals surface area (Å²) in [6.07, 6.45) is 1.76. The molecule has 44 heavy (non-hydrogen) atoms. The summed E-state index contributed by atoms with van der Waals surface area (Å²) < 4.78 is 43.9. The number of carbonyl (C=O) groups is 1. The van der Waals surface area contributed by atoms with Gasteiger partial charge in [0, 0.05) is 32.0 Å². The van der Waals surface area contributed by atoms with Crippen LogP contribution in [0.3, 0.4) is 0 Å². The summed E-state index contributed by atoms with van der Waals surface area (Å²) in [5.74, 6) is 1.28. The lowest BCUT2D eigenvalue weighted by Crippen LogP contribution is -2.37. The van der Waals surface area contributed by atoms with Gasteiger partial charge in [-0.2, -0.15) is 4.31 Å². The molecule has 0 saturated carbocycles. The van der Waals surface area contributed by atoms with Crippen molar-refractivity contribution in [1.82, 2.24) is 9.62 Å². The second-order valence-corrected chi connectivity index (χ2v) is 12.2. The van der Waals surface area contributed by atoms with Crippen LogP contribution in [0.1, 0.15) is 81.2 Å². The number of ether oxygens (including phenoxy) is 3. The van der Waals surface area contributed by atoms with Crippen molar-refractivity contribution >= 4 is 15.9 Å². The van der Waals surface area contributed by atoms with Gasteiger partial charge in [0.2, 0.25) is 15.9 Å². The van der Waals surface area contributed by atoms with Crippen molar-refractivity contribution in [2.24, 2.45) is 17.8 Å². The van der Waals surface area contributed by atoms with E-state index in [1.54, 1.807) is 31.4 Å². The molecule has 2 aliphatic heterocycles. The van der Waals surface area contributed by atoms with Gasteiger partial charge in [0.15, 0.2) is 6.29 Å². The normalized spacial score (nSPS) is 18.1. The van der Waals surface area contributed by atoms with Crippen LogP contribution in [-0.2, 0) is 24.3 Å². The van der Waals surface area contributed by atoms with Gasteiger partial charge in [-0.15, -0.1) is 0 Å². The smallest absolute Gasteiger partial charge is 0.243 e. The second kappa shape index (κ2) is 23.9. The zero-order valence-corrected chi connectivity index (χ0v) is 27.8. The monoisotopic (exact) mass is 638 g/mol. The first-order valence-electron chi connectivity index (χ1n) is 15.4. The van der Waals surface area contributed by atoms with Crippen LogP contribution >= 0.6 is 0 Å². The maximum Gasteiger partial charge on any atom is 0.243 e. The molecule has 0 aliphatic carbocycles. The van der Waals surface area contributed by atoms with E-state index in [0.717, 1.165) is 6.42 Å². The highest BCUT2D eigenvalue weighted by molar-refractivity contribution is 7.89. The van der Waals surface area contributed by atoms with E-state index in [4.69, 9.17) is 14.2 Å². The molecule has 0 bridgehead atoms. The zero-order chi connectivity index (χ0) is 31.5. The lowest BCUT2D eigenvalue weighted by Gasteiger charge is -2.24. The van der Waals surface area contributed by atoms with Gasteiger partial charge in [0.05, 0.1) is 25.2 Å². The van der Waals surface area contributed by atoms with Gasteiger partial charge in [-0.25, -0.2) is 8.42 Å². The molecule has 3 unspecified atom stereocenters. The Morgan fingerprint density at radius 1 is 1.00 bits per heavy atom. The molecule has 2 saturated heterocycles. The molecule has 4 rings (SSSR count). The molecule has 254 valence electrons. The summed E-state index contributed by atoms with van der Waals surface area (Å²) in [5, 5.41) is 2.93. The molecular formula is C35H62N2O6S. The Balaban J connectivity index is 0. The fraction of sp³-hybridized carbons (Fsp3) is 0.629. The second-order valence-electron chi connectivity index (χ2n) is 10.3. The fourth-order valence-electron chi connectivity index (χ4n) is 4.70. The maximum absolute atomic E-state index is 13.1. The van der Waals surface area contributed by atoms with E-state index in [1.165, 1.54) is 9.87 Å². The standard InChI is InChI=1S/C22H34N2O6S.C7H8.2C2H6.2CH4/c1-16(2)14-24(31(26,27)19-7-5-18(28-3)6-8-19)11-4-10-23-21(25)13-17-15-30-22-20(17)9-12-29-22;1-7-5-3-2-4-6-7;2*1-2;;/h5-8,16-17,20,22H,4,9-15H2,1-3H3,(H,23,25);2-6H,1H3;2*1-2H3;2*1H4. The quantitative estimate of drug-likeness (QED) is 0.255. The third-order valence-corrected chi connectivity index (χ3v) is 8.60. The summed E-state index contributed by atoms with van der Waals surface area (Å²) in [7, 11) is -2.07. The van der Waals surface area contributed by atoms with E-state index in [2.05, 4.69) is 24.4 Å². The maximum atomic E-state index is 13.1. The van der Waals surface area contributed by atoms with E-state index in [-0.39, 0.29) is 43.8 Å². The van der Waals surface area contributed by atoms with Crippen LogP contribution in [0.2, 0.25) is 0 Å². The van der Waals surface area contributed by atoms with E-state index in [1.807, 2.05) is 59.7 Å². The number of carbonyl (C=O) groups excluding carboxylic acids is 1. The molecule has 2 fully saturated rings. The number of aryl methyl sites for hydroxylation is 1. The summed E-state index contributed by atoms with van der Waals surface area (Å²) in [4.78, 5) is 12.6. The van der Waals surface area contributed by atoms with Crippen LogP contribution in [0.15, 0.2) is 59.5 Å². The molecule has 2 heterocycles. The molecule has 2 aromatic rings. The van der Waals surface area contributed by atoms with Crippen molar-refractivity contribution in [3.8, 4) is 5.75 Å². The van der Waals surface area contributed by atoms with Crippen LogP contribution < -0.4 is 10.1 Å². The first kappa shape index (κ1) is 43.7. The SMILES string of the molecule is C.C.CC.CC.COc1ccc(S(=O)(=O)N(CCCNC(=O)CC2COC3OCCC23)CC(C)C)cc1.Cc1ccccc1. The molecular weight excluding hydrogens is 576 g/mol. The topological polar surface area (TPSA) is 94.2 Å². The van der Waals surface area contributed by atoms with Crippen molar-refractivity contribution in [3.05, 3.63) is 60.2 Å². The summed E-state index contributed by atoms with van der Waals surface area (Å²) in [6, 6.07) is 16.7. The lowest BCUT2D eigenvalue weighted by atomic mass is 9.90. The van der Waals surface area contributed by atoms with Crippen LogP contribution in [0.4, 0.5) is 0 Å². The number of rotatable bonds is 11. The summed E-state index contributed by atoms with van der Waals surface area (Å²) in [6.45, 7) is 16.5. The number of fused-ring (bicyclic) bond motifs is 1. The van der Waals surface area contributed by atoms with Gasteiger partial charge >= 0.3 is 0 Å². The summed E-state index contributed by atoms with van der Waals surface area (Å²) >= 11 is 0. The van der Waals surface area contributed by atoms with E-state index < -0.39 is 10.0 Å². The van der Waals surface area contributed by atoms with Crippen molar-refractivity contribution in [2.45, 2.75) is 93.8 Å². The molecule has 0 aromatic heterocycles. The number of benzene rings is 2. The van der Waals surface area contributed by atoms with E-state index in [9.17, 15) is 13.2 Å². The fourth-order valence-corrected chi connectivity index (χ4v) is 6.35. The zero-order valence-electron chi connectivity index (χ0n) is 27.0. The third-order valence-electron chi connectivity index (χ3n) is 6.72. The van der Waals surface area contributed by atoms with Crippen LogP contribution in [0.5, 0.6) is 5.75 Å². The van der Waals surface area contributed by atoms with Crippen LogP contribution in [0.25, 0.3) is 0 Å². The van der Waals surface area contributed by atoms with Crippen molar-refractivity contribution < 1.29 is 27.4 Å². The van der Waals surface area contributed by atoms with Crippen LogP contribution in [0, 0.1) is 24.7 Å². The van der Waals surface area contributed by atoms with Crippen molar-refractivity contribution in [3.63, 3.8) is 0 Å². The number of hydrogen-bond acceptors (Lipinski definition) is 6. The van der Waals surface area contributed by atoms with Gasteiger partial charge in [-0.3, -0.25) is 4.79 Å². The third kappa shape index (κ3) is 14.5. The van der Waals surface area contributed by atoms with Gasteiger partial charge in [0.25, 0.3) is 0 Å². The number of nitrogens with zero attached hydrogens (tertiary/aromatic N) is 1. The first-order chi connectivity index (χ1) is 20.2. The highest BCUT2D eigenvalue weighted by Crippen LogP contribution is 2.37. The molecule has 0 radical (unpaired) electrons. The number of amides is 1. The molecule has 2 aromatic carbocycles.